The first-order valence-corrected chi connectivity index (χ1v) is 4.23. The summed E-state index contributed by atoms with van der Waals surface area (Å²) in [5.74, 6) is 1.92. The van der Waals surface area contributed by atoms with Crippen LogP contribution in [-0.2, 0) is 17.8 Å². The van der Waals surface area contributed by atoms with E-state index in [1.165, 1.54) is 7.11 Å². The lowest BCUT2D eigenvalue weighted by atomic mass is 10.2. The van der Waals surface area contributed by atoms with Gasteiger partial charge in [-0.15, -0.1) is 6.42 Å². The Morgan fingerprint density at radius 2 is 2.47 bits per heavy atom. The Hall–Kier alpha value is -2.09. The smallest absolute Gasteiger partial charge is 0.339 e. The summed E-state index contributed by atoms with van der Waals surface area (Å²) < 4.78 is 6.19. The molecule has 0 spiro atoms. The van der Waals surface area contributed by atoms with Gasteiger partial charge in [-0.2, -0.15) is 4.91 Å². The minimum Gasteiger partial charge on any atom is -0.465 e. The minimum atomic E-state index is -0.496. The number of rotatable bonds is 4. The van der Waals surface area contributed by atoms with Crippen molar-refractivity contribution in [2.24, 2.45) is 5.18 Å². The highest BCUT2D eigenvalue weighted by atomic mass is 16.5. The Kier molecular flexibility index (Phi) is 3.63. The molecular weight excluding hydrogens is 196 g/mol. The van der Waals surface area contributed by atoms with Crippen LogP contribution in [0.3, 0.4) is 0 Å². The van der Waals surface area contributed by atoms with Crippen LogP contribution in [0.5, 0.6) is 0 Å². The van der Waals surface area contributed by atoms with Crippen LogP contribution in [0.2, 0.25) is 0 Å². The summed E-state index contributed by atoms with van der Waals surface area (Å²) in [6.45, 7) is 0.195. The standard InChI is InChI=1S/C10H10N2O3/c1-3-5-12-6-4-8(10(13)15-2)9(12)7-11-14/h1,4,6H,5,7H2,2H3. The Morgan fingerprint density at radius 1 is 1.73 bits per heavy atom. The Labute approximate surface area is 87.0 Å². The SMILES string of the molecule is C#CCn1ccc(C(=O)OC)c1CN=O. The molecule has 5 heteroatoms. The second kappa shape index (κ2) is 4.96. The zero-order valence-electron chi connectivity index (χ0n) is 8.27. The molecule has 0 radical (unpaired) electrons. The number of nitrogens with zero attached hydrogens (tertiary/aromatic N) is 2. The molecule has 0 fully saturated rings. The highest BCUT2D eigenvalue weighted by Gasteiger charge is 2.15. The van der Waals surface area contributed by atoms with E-state index in [0.29, 0.717) is 17.8 Å². The van der Waals surface area contributed by atoms with Gasteiger partial charge in [-0.05, 0) is 6.07 Å². The molecule has 5 nitrogen and oxygen atoms in total. The van der Waals surface area contributed by atoms with Crippen molar-refractivity contribution in [3.8, 4) is 12.3 Å². The fourth-order valence-corrected chi connectivity index (χ4v) is 1.28. The second-order valence-corrected chi connectivity index (χ2v) is 2.79. The minimum absolute atomic E-state index is 0.0981. The fourth-order valence-electron chi connectivity index (χ4n) is 1.28. The van der Waals surface area contributed by atoms with Gasteiger partial charge in [-0.25, -0.2) is 4.79 Å². The van der Waals surface area contributed by atoms with Crippen molar-refractivity contribution in [2.75, 3.05) is 7.11 Å². The Bertz CT molecular complexity index is 415. The topological polar surface area (TPSA) is 60.7 Å². The predicted molar refractivity (Wildman–Crippen MR) is 54.1 cm³/mol. The lowest BCUT2D eigenvalue weighted by Gasteiger charge is -2.04. The third kappa shape index (κ3) is 2.23. The van der Waals surface area contributed by atoms with E-state index in [2.05, 4.69) is 15.8 Å². The van der Waals surface area contributed by atoms with Gasteiger partial charge in [0.2, 0.25) is 0 Å². The molecule has 0 aliphatic heterocycles. The largest absolute Gasteiger partial charge is 0.465 e. The van der Waals surface area contributed by atoms with Gasteiger partial charge in [0.1, 0.15) is 6.54 Å². The van der Waals surface area contributed by atoms with Gasteiger partial charge >= 0.3 is 5.97 Å². The van der Waals surface area contributed by atoms with Gasteiger partial charge < -0.3 is 9.30 Å². The molecule has 0 aliphatic rings. The van der Waals surface area contributed by atoms with E-state index in [1.54, 1.807) is 16.8 Å². The van der Waals surface area contributed by atoms with E-state index in [9.17, 15) is 9.70 Å². The zero-order chi connectivity index (χ0) is 11.3. The Morgan fingerprint density at radius 3 is 3.00 bits per heavy atom. The van der Waals surface area contributed by atoms with Gasteiger partial charge in [0.05, 0.1) is 24.9 Å². The molecule has 0 atom stereocenters. The van der Waals surface area contributed by atoms with Crippen LogP contribution < -0.4 is 0 Å². The average Bonchev–Trinajstić information content (AvgIpc) is 2.62. The van der Waals surface area contributed by atoms with Crippen LogP contribution >= 0.6 is 0 Å². The van der Waals surface area contributed by atoms with Gasteiger partial charge in [0.15, 0.2) is 0 Å². The normalized spacial score (nSPS) is 9.33. The summed E-state index contributed by atoms with van der Waals surface area (Å²) in [5.41, 5.74) is 0.808. The molecule has 0 saturated heterocycles. The van der Waals surface area contributed by atoms with Gasteiger partial charge in [0.25, 0.3) is 0 Å². The number of carbonyl (C=O) groups excluding carboxylic acids is 1. The fraction of sp³-hybridized carbons (Fsp3) is 0.300. The van der Waals surface area contributed by atoms with Gasteiger partial charge in [0, 0.05) is 6.20 Å². The van der Waals surface area contributed by atoms with Crippen LogP contribution in [0, 0.1) is 17.3 Å². The number of terminal acetylenes is 1. The van der Waals surface area contributed by atoms with Crippen molar-refractivity contribution in [3.05, 3.63) is 28.4 Å². The lowest BCUT2D eigenvalue weighted by Crippen LogP contribution is -2.07. The monoisotopic (exact) mass is 206 g/mol. The van der Waals surface area contributed by atoms with Crippen LogP contribution in [0.25, 0.3) is 0 Å². The quantitative estimate of drug-likeness (QED) is 0.422. The molecule has 78 valence electrons. The first kappa shape index (κ1) is 11.0. The number of carbonyl (C=O) groups is 1. The van der Waals surface area contributed by atoms with E-state index in [0.717, 1.165) is 0 Å². The lowest BCUT2D eigenvalue weighted by molar-refractivity contribution is 0.0599. The van der Waals surface area contributed by atoms with Crippen molar-refractivity contribution in [3.63, 3.8) is 0 Å². The van der Waals surface area contributed by atoms with Crippen molar-refractivity contribution in [1.29, 1.82) is 0 Å². The number of ether oxygens (including phenoxy) is 1. The first-order chi connectivity index (χ1) is 7.24. The van der Waals surface area contributed by atoms with Crippen molar-refractivity contribution < 1.29 is 9.53 Å². The molecule has 0 unspecified atom stereocenters. The maximum Gasteiger partial charge on any atom is 0.339 e. The van der Waals surface area contributed by atoms with E-state index in [1.807, 2.05) is 0 Å². The Balaban J connectivity index is 3.11. The summed E-state index contributed by atoms with van der Waals surface area (Å²) in [6.07, 6.45) is 6.78. The molecule has 0 aromatic carbocycles. The molecule has 1 rings (SSSR count). The van der Waals surface area contributed by atoms with Crippen LogP contribution in [0.4, 0.5) is 0 Å². The summed E-state index contributed by atoms with van der Waals surface area (Å²) in [4.78, 5) is 21.5. The van der Waals surface area contributed by atoms with Crippen molar-refractivity contribution >= 4 is 5.97 Å². The average molecular weight is 206 g/mol. The van der Waals surface area contributed by atoms with Crippen molar-refractivity contribution in [2.45, 2.75) is 13.1 Å². The van der Waals surface area contributed by atoms with Gasteiger partial charge in [-0.1, -0.05) is 11.1 Å². The maximum atomic E-state index is 11.3. The summed E-state index contributed by atoms with van der Waals surface area (Å²) >= 11 is 0. The molecule has 1 aromatic rings. The molecule has 1 heterocycles. The number of nitroso groups, excluding NO2 is 1. The van der Waals surface area contributed by atoms with E-state index < -0.39 is 5.97 Å². The highest BCUT2D eigenvalue weighted by molar-refractivity contribution is 5.90. The van der Waals surface area contributed by atoms with E-state index >= 15 is 0 Å². The van der Waals surface area contributed by atoms with Crippen LogP contribution in [0.1, 0.15) is 16.1 Å². The zero-order valence-corrected chi connectivity index (χ0v) is 8.27. The van der Waals surface area contributed by atoms with Crippen LogP contribution in [0.15, 0.2) is 17.4 Å². The molecule has 0 aliphatic carbocycles. The summed E-state index contributed by atoms with van der Waals surface area (Å²) in [7, 11) is 1.28. The molecular formula is C10H10N2O3. The van der Waals surface area contributed by atoms with Crippen molar-refractivity contribution in [1.82, 2.24) is 4.57 Å². The third-order valence-corrected chi connectivity index (χ3v) is 1.96. The summed E-state index contributed by atoms with van der Waals surface area (Å²) in [6, 6.07) is 1.56. The highest BCUT2D eigenvalue weighted by Crippen LogP contribution is 2.13. The number of hydrogen-bond acceptors (Lipinski definition) is 4. The molecule has 1 aromatic heterocycles. The predicted octanol–water partition coefficient (Wildman–Crippen LogP) is 1.17. The molecule has 0 amide bonds. The maximum absolute atomic E-state index is 11.3. The molecule has 0 bridgehead atoms. The molecule has 15 heavy (non-hydrogen) atoms. The summed E-state index contributed by atoms with van der Waals surface area (Å²) in [5, 5.41) is 2.75. The second-order valence-electron chi connectivity index (χ2n) is 2.79. The van der Waals surface area contributed by atoms with E-state index in [4.69, 9.17) is 6.42 Å². The van der Waals surface area contributed by atoms with E-state index in [-0.39, 0.29) is 6.54 Å². The van der Waals surface area contributed by atoms with Gasteiger partial charge in [-0.3, -0.25) is 0 Å². The molecule has 0 N–H and O–H groups in total. The third-order valence-electron chi connectivity index (χ3n) is 1.96. The first-order valence-electron chi connectivity index (χ1n) is 4.23. The number of hydrogen-bond donors (Lipinski definition) is 0. The number of methoxy groups -OCH3 is 1. The number of aromatic nitrogens is 1. The molecule has 0 saturated carbocycles. The number of esters is 1. The van der Waals surface area contributed by atoms with Crippen LogP contribution in [-0.4, -0.2) is 17.6 Å².